The molecule has 11 heavy (non-hydrogen) atoms. The zero-order chi connectivity index (χ0) is 8.10. The summed E-state index contributed by atoms with van der Waals surface area (Å²) in [5.74, 6) is 0. The Labute approximate surface area is 78.2 Å². The monoisotopic (exact) mass is 140 g/mol. The first-order valence-electron chi connectivity index (χ1n) is 4.39. The van der Waals surface area contributed by atoms with Crippen LogP contribution in [-0.2, 0) is 6.42 Å². The number of benzene rings is 1. The van der Waals surface area contributed by atoms with Crippen molar-refractivity contribution in [1.82, 2.24) is 0 Å². The van der Waals surface area contributed by atoms with Crippen LogP contribution in [0.25, 0.3) is 0 Å². The number of unbranched alkanes of at least 4 members (excludes halogenated alkanes) is 1. The van der Waals surface area contributed by atoms with E-state index < -0.39 is 0 Å². The molecule has 0 saturated heterocycles. The van der Waals surface area contributed by atoms with Crippen molar-refractivity contribution >= 4 is 22.0 Å². The molecule has 0 atom stereocenters. The van der Waals surface area contributed by atoms with Gasteiger partial charge >= 0.3 is 78.0 Å². The van der Waals surface area contributed by atoms with E-state index in [0.29, 0.717) is 0 Å². The third-order valence-electron chi connectivity index (χ3n) is 2.06. The summed E-state index contributed by atoms with van der Waals surface area (Å²) in [5, 5.41) is 0. The minimum absolute atomic E-state index is 1.24. The van der Waals surface area contributed by atoms with Gasteiger partial charge in [0.05, 0.1) is 0 Å². The number of rotatable bonds is 3. The van der Waals surface area contributed by atoms with Crippen LogP contribution in [0.3, 0.4) is 0 Å². The second-order valence-corrected chi connectivity index (χ2v) is 3.03. The Balaban J connectivity index is 2.62. The molecule has 0 nitrogen and oxygen atoms in total. The third-order valence-corrected chi connectivity index (χ3v) is 2.06. The normalized spacial score (nSPS) is 10.1. The molecule has 0 aliphatic rings. The van der Waals surface area contributed by atoms with E-state index in [-0.39, 0.29) is 0 Å². The van der Waals surface area contributed by atoms with Gasteiger partial charge in [-0.15, -0.1) is 0 Å². The maximum atomic E-state index is 2.23. The van der Waals surface area contributed by atoms with Gasteiger partial charge < -0.3 is 0 Å². The van der Waals surface area contributed by atoms with Gasteiger partial charge in [-0.2, -0.15) is 0 Å². The molecule has 0 heterocycles. The maximum absolute atomic E-state index is 2.23. The summed E-state index contributed by atoms with van der Waals surface area (Å²) in [6, 6.07) is 8.64. The van der Waals surface area contributed by atoms with Gasteiger partial charge in [0, 0.05) is 0 Å². The summed E-state index contributed by atoms with van der Waals surface area (Å²) < 4.78 is 1.43. The number of hydrogen-bond acceptors (Lipinski definition) is 0. The van der Waals surface area contributed by atoms with Crippen molar-refractivity contribution in [3.05, 3.63) is 29.8 Å². The molecular weight excluding hydrogens is 127 g/mol. The molecule has 1 rings (SSSR count). The van der Waals surface area contributed by atoms with Crippen LogP contribution in [0.15, 0.2) is 24.3 Å². The molecule has 0 aliphatic heterocycles. The van der Waals surface area contributed by atoms with Crippen LogP contribution in [0.1, 0.15) is 25.3 Å². The van der Waals surface area contributed by atoms with Gasteiger partial charge in [-0.1, -0.05) is 0 Å². The van der Waals surface area contributed by atoms with E-state index in [0.717, 1.165) is 0 Å². The van der Waals surface area contributed by atoms with Crippen molar-refractivity contribution in [2.75, 3.05) is 0 Å². The van der Waals surface area contributed by atoms with Gasteiger partial charge in [-0.3, -0.25) is 0 Å². The molecule has 0 unspecified atom stereocenters. The van der Waals surface area contributed by atoms with Gasteiger partial charge in [-0.05, 0) is 0 Å². The number of aryl methyl sites for hydroxylation is 1. The Kier molecular flexibility index (Phi) is 3.76. The molecule has 0 spiro atoms. The van der Waals surface area contributed by atoms with E-state index in [1.165, 1.54) is 29.1 Å². The predicted octanol–water partition coefficient (Wildman–Crippen LogP) is 1.82. The minimum atomic E-state index is 1.24. The van der Waals surface area contributed by atoms with Gasteiger partial charge in [0.1, 0.15) is 0 Å². The summed E-state index contributed by atoms with van der Waals surface area (Å²) in [7, 11) is 0. The first-order chi connectivity index (χ1) is 5.34. The third kappa shape index (κ3) is 2.73. The molecule has 1 heteroatoms. The van der Waals surface area contributed by atoms with Crippen molar-refractivity contribution in [1.29, 1.82) is 0 Å². The Bertz CT molecular complexity index is 218. The Hall–Kier alpha value is -0.183. The molecule has 0 N–H and O–H groups in total. The number of hydrogen-bond donors (Lipinski definition) is 0. The van der Waals surface area contributed by atoms with Crippen molar-refractivity contribution < 1.29 is 0 Å². The van der Waals surface area contributed by atoms with E-state index in [4.69, 9.17) is 0 Å². The quantitative estimate of drug-likeness (QED) is 0.562. The Morgan fingerprint density at radius 1 is 1.27 bits per heavy atom. The molecule has 0 aliphatic carbocycles. The second-order valence-electron chi connectivity index (χ2n) is 3.03. The second kappa shape index (κ2) is 4.65. The molecule has 54 valence electrons. The average Bonchev–Trinajstić information content (AvgIpc) is 2.03. The van der Waals surface area contributed by atoms with Crippen LogP contribution in [0.4, 0.5) is 0 Å². The molecule has 0 aromatic heterocycles. The van der Waals surface area contributed by atoms with Gasteiger partial charge in [0.15, 0.2) is 0 Å². The van der Waals surface area contributed by atoms with E-state index in [2.05, 4.69) is 48.9 Å². The van der Waals surface area contributed by atoms with Crippen LogP contribution in [0, 0.1) is 0 Å². The van der Waals surface area contributed by atoms with E-state index in [1.54, 1.807) is 0 Å². The van der Waals surface area contributed by atoms with Gasteiger partial charge in [0.25, 0.3) is 0 Å². The molecule has 1 aromatic carbocycles. The fourth-order valence-electron chi connectivity index (χ4n) is 1.26. The predicted molar refractivity (Wildman–Crippen MR) is 50.4 cm³/mol. The van der Waals surface area contributed by atoms with E-state index >= 15 is 0 Å². The average molecular weight is 140 g/mol. The molecule has 0 bridgehead atoms. The van der Waals surface area contributed by atoms with Crippen LogP contribution >= 0.6 is 0 Å². The molecule has 0 saturated carbocycles. The van der Waals surface area contributed by atoms with Crippen molar-refractivity contribution in [2.45, 2.75) is 26.2 Å². The van der Waals surface area contributed by atoms with Crippen LogP contribution in [-0.4, -0.2) is 17.7 Å². The molecule has 0 fully saturated rings. The summed E-state index contributed by atoms with van der Waals surface area (Å²) in [6.07, 6.45) is 3.84. The Morgan fingerprint density at radius 3 is 2.64 bits per heavy atom. The topological polar surface area (TPSA) is 0 Å². The first kappa shape index (κ1) is 8.91. The molecule has 0 amide bonds. The first-order valence-corrected chi connectivity index (χ1v) is 4.39. The van der Waals surface area contributed by atoms with Crippen LogP contribution < -0.4 is 4.24 Å². The van der Waals surface area contributed by atoms with Crippen LogP contribution in [0.2, 0.25) is 0 Å². The van der Waals surface area contributed by atoms with Crippen molar-refractivity contribution in [3.63, 3.8) is 0 Å². The summed E-state index contributed by atoms with van der Waals surface area (Å²) in [6.45, 7) is 2.23. The van der Waals surface area contributed by atoms with Crippen molar-refractivity contribution in [2.24, 2.45) is 0 Å². The Morgan fingerprint density at radius 2 is 2.00 bits per heavy atom. The SMILES string of the molecule is [Li][c]1ccccc1CCCC. The van der Waals surface area contributed by atoms with Gasteiger partial charge in [0.2, 0.25) is 0 Å². The van der Waals surface area contributed by atoms with E-state index in [1.807, 2.05) is 0 Å². The fraction of sp³-hybridized carbons (Fsp3) is 0.400. The fourth-order valence-corrected chi connectivity index (χ4v) is 1.26. The van der Waals surface area contributed by atoms with Crippen molar-refractivity contribution in [3.8, 4) is 0 Å². The zero-order valence-electron chi connectivity index (χ0n) is 7.43. The van der Waals surface area contributed by atoms with Crippen LogP contribution in [0.5, 0.6) is 0 Å². The summed E-state index contributed by atoms with van der Waals surface area (Å²) in [4.78, 5) is 0. The zero-order valence-corrected chi connectivity index (χ0v) is 7.43. The standard InChI is InChI=1S/C10H13.Li/c1-2-3-7-10-8-5-4-6-9-10;/h4-6,8H,2-3,7H2,1H3;. The molecular formula is C10H13Li. The summed E-state index contributed by atoms with van der Waals surface area (Å²) in [5.41, 5.74) is 1.51. The molecule has 1 aromatic rings. The van der Waals surface area contributed by atoms with E-state index in [9.17, 15) is 0 Å². The summed E-state index contributed by atoms with van der Waals surface area (Å²) >= 11 is 2.19. The van der Waals surface area contributed by atoms with Gasteiger partial charge in [-0.25, -0.2) is 0 Å². The molecule has 0 radical (unpaired) electrons.